The number of hydrogen-bond donors (Lipinski definition) is 0. The summed E-state index contributed by atoms with van der Waals surface area (Å²) in [5.74, 6) is 1.99. The first-order valence-electron chi connectivity index (χ1n) is 7.68. The van der Waals surface area contributed by atoms with Gasteiger partial charge in [0.05, 0.1) is 0 Å². The Balaban J connectivity index is 1.63. The summed E-state index contributed by atoms with van der Waals surface area (Å²) in [7, 11) is 0. The van der Waals surface area contributed by atoms with Crippen LogP contribution in [0.1, 0.15) is 64.2 Å². The standard InChI is InChI=1S/C16H24F2O/c17-16(18)11-14-5-3-12(4-6-14)1-2-13-7-9-15(19)10-8-13/h11-14H,1-10H2. The van der Waals surface area contributed by atoms with Gasteiger partial charge in [-0.3, -0.25) is 4.79 Å². The zero-order valence-electron chi connectivity index (χ0n) is 11.5. The molecule has 2 saturated carbocycles. The van der Waals surface area contributed by atoms with Crippen LogP contribution in [0.4, 0.5) is 8.78 Å². The van der Waals surface area contributed by atoms with Gasteiger partial charge in [-0.1, -0.05) is 12.8 Å². The predicted octanol–water partition coefficient (Wildman–Crippen LogP) is 5.11. The number of rotatable bonds is 4. The Morgan fingerprint density at radius 1 is 0.947 bits per heavy atom. The van der Waals surface area contributed by atoms with Crippen LogP contribution in [0.5, 0.6) is 0 Å². The van der Waals surface area contributed by atoms with Crippen LogP contribution in [0.2, 0.25) is 0 Å². The van der Waals surface area contributed by atoms with Gasteiger partial charge in [0, 0.05) is 12.8 Å². The maximum atomic E-state index is 12.2. The maximum Gasteiger partial charge on any atom is 0.266 e. The lowest BCUT2D eigenvalue weighted by Crippen LogP contribution is -2.17. The number of halogens is 2. The molecule has 0 atom stereocenters. The van der Waals surface area contributed by atoms with E-state index in [-0.39, 0.29) is 5.92 Å². The average Bonchev–Trinajstić information content (AvgIpc) is 2.39. The third kappa shape index (κ3) is 5.04. The molecule has 0 aromatic heterocycles. The van der Waals surface area contributed by atoms with Crippen molar-refractivity contribution in [1.29, 1.82) is 0 Å². The lowest BCUT2D eigenvalue weighted by atomic mass is 9.77. The van der Waals surface area contributed by atoms with Crippen molar-refractivity contribution in [3.8, 4) is 0 Å². The van der Waals surface area contributed by atoms with Crippen molar-refractivity contribution in [2.45, 2.75) is 64.2 Å². The van der Waals surface area contributed by atoms with E-state index in [4.69, 9.17) is 0 Å². The Bertz CT molecular complexity index is 316. The minimum atomic E-state index is -1.52. The molecule has 0 heterocycles. The van der Waals surface area contributed by atoms with Crippen molar-refractivity contribution >= 4 is 5.78 Å². The Kier molecular flexibility index (Phi) is 5.53. The third-order valence-corrected chi connectivity index (χ3v) is 4.90. The Labute approximate surface area is 114 Å². The molecule has 2 fully saturated rings. The number of hydrogen-bond acceptors (Lipinski definition) is 1. The number of carbonyl (C=O) groups excluding carboxylic acids is 1. The zero-order valence-corrected chi connectivity index (χ0v) is 11.5. The third-order valence-electron chi connectivity index (χ3n) is 4.90. The number of ketones is 1. The highest BCUT2D eigenvalue weighted by Crippen LogP contribution is 2.35. The molecule has 3 heteroatoms. The minimum absolute atomic E-state index is 0.105. The quantitative estimate of drug-likeness (QED) is 0.693. The molecule has 2 rings (SSSR count). The Morgan fingerprint density at radius 3 is 2.00 bits per heavy atom. The SMILES string of the molecule is O=C1CCC(CCC2CCC(C=C(F)F)CC2)CC1. The molecular formula is C16H24F2O. The highest BCUT2D eigenvalue weighted by Gasteiger charge is 2.23. The van der Waals surface area contributed by atoms with E-state index in [0.29, 0.717) is 5.78 Å². The van der Waals surface area contributed by atoms with Crippen LogP contribution in [0.25, 0.3) is 0 Å². The van der Waals surface area contributed by atoms with E-state index in [1.165, 1.54) is 12.8 Å². The molecule has 0 aromatic rings. The minimum Gasteiger partial charge on any atom is -0.300 e. The van der Waals surface area contributed by atoms with Crippen LogP contribution in [0, 0.1) is 17.8 Å². The first-order chi connectivity index (χ1) is 9.13. The summed E-state index contributed by atoms with van der Waals surface area (Å²) in [6.07, 6.45) is 9.82. The zero-order chi connectivity index (χ0) is 13.7. The van der Waals surface area contributed by atoms with Gasteiger partial charge in [-0.15, -0.1) is 0 Å². The van der Waals surface area contributed by atoms with Crippen molar-refractivity contribution in [2.24, 2.45) is 17.8 Å². The predicted molar refractivity (Wildman–Crippen MR) is 71.9 cm³/mol. The number of Topliss-reactive ketones (excluding diaryl/α,β-unsaturated/α-hetero) is 1. The second kappa shape index (κ2) is 7.16. The molecule has 1 nitrogen and oxygen atoms in total. The lowest BCUT2D eigenvalue weighted by Gasteiger charge is -2.28. The summed E-state index contributed by atoms with van der Waals surface area (Å²) in [6, 6.07) is 0. The van der Waals surface area contributed by atoms with Gasteiger partial charge in [0.1, 0.15) is 5.78 Å². The van der Waals surface area contributed by atoms with E-state index >= 15 is 0 Å². The van der Waals surface area contributed by atoms with Crippen LogP contribution in [0.15, 0.2) is 12.2 Å². The number of allylic oxidation sites excluding steroid dienone is 1. The molecule has 0 aliphatic heterocycles. The molecule has 2 aliphatic carbocycles. The lowest BCUT2D eigenvalue weighted by molar-refractivity contribution is -0.121. The normalized spacial score (nSPS) is 29.3. The van der Waals surface area contributed by atoms with Gasteiger partial charge in [0.15, 0.2) is 0 Å². The average molecular weight is 270 g/mol. The van der Waals surface area contributed by atoms with E-state index in [1.54, 1.807) is 0 Å². The molecule has 2 aliphatic rings. The van der Waals surface area contributed by atoms with Crippen LogP contribution in [0.3, 0.4) is 0 Å². The monoisotopic (exact) mass is 270 g/mol. The first-order valence-corrected chi connectivity index (χ1v) is 7.68. The summed E-state index contributed by atoms with van der Waals surface area (Å²) in [4.78, 5) is 11.2. The van der Waals surface area contributed by atoms with Gasteiger partial charge >= 0.3 is 0 Å². The highest BCUT2D eigenvalue weighted by atomic mass is 19.3. The molecule has 0 radical (unpaired) electrons. The van der Waals surface area contributed by atoms with E-state index in [2.05, 4.69) is 0 Å². The molecule has 0 N–H and O–H groups in total. The summed E-state index contributed by atoms with van der Waals surface area (Å²) in [5.41, 5.74) is 0. The molecule has 0 aromatic carbocycles. The van der Waals surface area contributed by atoms with Crippen molar-refractivity contribution < 1.29 is 13.6 Å². The molecule has 0 unspecified atom stereocenters. The van der Waals surface area contributed by atoms with Crippen LogP contribution in [-0.4, -0.2) is 5.78 Å². The van der Waals surface area contributed by atoms with E-state index in [9.17, 15) is 13.6 Å². The first kappa shape index (κ1) is 14.7. The largest absolute Gasteiger partial charge is 0.300 e. The van der Waals surface area contributed by atoms with E-state index < -0.39 is 6.08 Å². The van der Waals surface area contributed by atoms with Gasteiger partial charge in [-0.05, 0) is 62.4 Å². The van der Waals surface area contributed by atoms with Gasteiger partial charge in [0.25, 0.3) is 6.08 Å². The summed E-state index contributed by atoms with van der Waals surface area (Å²) < 4.78 is 24.3. The van der Waals surface area contributed by atoms with Crippen molar-refractivity contribution in [3.05, 3.63) is 12.2 Å². The van der Waals surface area contributed by atoms with Gasteiger partial charge in [0.2, 0.25) is 0 Å². The van der Waals surface area contributed by atoms with E-state index in [1.807, 2.05) is 0 Å². The molecule has 0 saturated heterocycles. The summed E-state index contributed by atoms with van der Waals surface area (Å²) in [6.45, 7) is 0. The molecule has 0 bridgehead atoms. The van der Waals surface area contributed by atoms with Gasteiger partial charge in [-0.2, -0.15) is 8.78 Å². The smallest absolute Gasteiger partial charge is 0.266 e. The summed E-state index contributed by atoms with van der Waals surface area (Å²) >= 11 is 0. The molecule has 0 amide bonds. The second-order valence-corrected chi connectivity index (χ2v) is 6.30. The van der Waals surface area contributed by atoms with E-state index in [0.717, 1.165) is 69.3 Å². The highest BCUT2D eigenvalue weighted by molar-refractivity contribution is 5.78. The Morgan fingerprint density at radius 2 is 1.47 bits per heavy atom. The molecular weight excluding hydrogens is 246 g/mol. The van der Waals surface area contributed by atoms with Crippen LogP contribution >= 0.6 is 0 Å². The van der Waals surface area contributed by atoms with Crippen LogP contribution < -0.4 is 0 Å². The van der Waals surface area contributed by atoms with Crippen molar-refractivity contribution in [3.63, 3.8) is 0 Å². The number of carbonyl (C=O) groups is 1. The fourth-order valence-electron chi connectivity index (χ4n) is 3.58. The molecule has 19 heavy (non-hydrogen) atoms. The Hall–Kier alpha value is -0.730. The van der Waals surface area contributed by atoms with Crippen molar-refractivity contribution in [1.82, 2.24) is 0 Å². The maximum absolute atomic E-state index is 12.2. The molecule has 108 valence electrons. The molecule has 0 spiro atoms. The van der Waals surface area contributed by atoms with Crippen LogP contribution in [-0.2, 0) is 4.79 Å². The second-order valence-electron chi connectivity index (χ2n) is 6.30. The van der Waals surface area contributed by atoms with Crippen molar-refractivity contribution in [2.75, 3.05) is 0 Å². The summed E-state index contributed by atoms with van der Waals surface area (Å²) in [5, 5.41) is 0. The van der Waals surface area contributed by atoms with Gasteiger partial charge in [-0.25, -0.2) is 0 Å². The fourth-order valence-corrected chi connectivity index (χ4v) is 3.58. The topological polar surface area (TPSA) is 17.1 Å². The van der Waals surface area contributed by atoms with Gasteiger partial charge < -0.3 is 0 Å². The fraction of sp³-hybridized carbons (Fsp3) is 0.812.